The van der Waals surface area contributed by atoms with Crippen molar-refractivity contribution in [3.8, 4) is 6.07 Å². The number of nitriles is 1. The van der Waals surface area contributed by atoms with Gasteiger partial charge in [-0.1, -0.05) is 18.7 Å². The van der Waals surface area contributed by atoms with Crippen LogP contribution in [0.3, 0.4) is 0 Å². The molecular weight excluding hydrogens is 189 g/mol. The Kier molecular flexibility index (Phi) is 5.01. The Morgan fingerprint density at radius 3 is 2.33 bits per heavy atom. The zero-order chi connectivity index (χ0) is 9.78. The zero-order valence-electron chi connectivity index (χ0n) is 8.07. The summed E-state index contributed by atoms with van der Waals surface area (Å²) in [6, 6.07) is 2.22. The molecule has 70 valence electrons. The van der Waals surface area contributed by atoms with Crippen LogP contribution in [0.15, 0.2) is 0 Å². The molecule has 0 aliphatic rings. The van der Waals surface area contributed by atoms with Crippen molar-refractivity contribution < 1.29 is 4.52 Å². The first-order chi connectivity index (χ1) is 5.44. The van der Waals surface area contributed by atoms with E-state index in [2.05, 4.69) is 6.07 Å². The molecule has 0 aliphatic heterocycles. The summed E-state index contributed by atoms with van der Waals surface area (Å²) in [4.78, 5) is 0. The first-order valence-corrected chi connectivity index (χ1v) is 7.33. The van der Waals surface area contributed by atoms with Crippen LogP contribution in [0.1, 0.15) is 27.2 Å². The van der Waals surface area contributed by atoms with E-state index in [1.165, 1.54) is 0 Å². The van der Waals surface area contributed by atoms with Crippen molar-refractivity contribution in [2.75, 3.05) is 6.66 Å². The van der Waals surface area contributed by atoms with Crippen LogP contribution in [-0.2, 0) is 16.3 Å². The Balaban J connectivity index is 4.39. The maximum absolute atomic E-state index is 8.81. The zero-order valence-corrected chi connectivity index (χ0v) is 9.78. The summed E-state index contributed by atoms with van der Waals surface area (Å²) >= 11 is 5.31. The Hall–Kier alpha value is 0.100. The molecule has 0 bridgehead atoms. The first-order valence-electron chi connectivity index (χ1n) is 4.09. The molecule has 0 aromatic carbocycles. The van der Waals surface area contributed by atoms with Crippen molar-refractivity contribution in [1.29, 1.82) is 5.26 Å². The van der Waals surface area contributed by atoms with Crippen LogP contribution in [-0.4, -0.2) is 18.4 Å². The molecule has 0 radical (unpaired) electrons. The fourth-order valence-electron chi connectivity index (χ4n) is 1.02. The summed E-state index contributed by atoms with van der Waals surface area (Å²) in [5, 5.41) is 8.81. The van der Waals surface area contributed by atoms with Gasteiger partial charge < -0.3 is 4.52 Å². The third kappa shape index (κ3) is 3.67. The van der Waals surface area contributed by atoms with Gasteiger partial charge >= 0.3 is 0 Å². The summed E-state index contributed by atoms with van der Waals surface area (Å²) in [6.07, 6.45) is -0.970. The molecule has 0 aromatic rings. The van der Waals surface area contributed by atoms with Gasteiger partial charge in [0, 0.05) is 0 Å². The quantitative estimate of drug-likeness (QED) is 0.661. The topological polar surface area (TPSA) is 33.0 Å². The van der Waals surface area contributed by atoms with E-state index in [1.807, 2.05) is 27.4 Å². The van der Waals surface area contributed by atoms with Crippen molar-refractivity contribution >= 4 is 18.1 Å². The van der Waals surface area contributed by atoms with Gasteiger partial charge in [0.1, 0.15) is 0 Å². The largest absolute Gasteiger partial charge is 0.347 e. The van der Waals surface area contributed by atoms with Crippen LogP contribution in [0.2, 0.25) is 0 Å². The molecule has 0 rings (SSSR count). The van der Waals surface area contributed by atoms with Gasteiger partial charge in [-0.05, 0) is 26.9 Å². The van der Waals surface area contributed by atoms with Crippen molar-refractivity contribution in [3.05, 3.63) is 0 Å². The van der Waals surface area contributed by atoms with Crippen molar-refractivity contribution in [2.24, 2.45) is 0 Å². The Morgan fingerprint density at radius 2 is 2.08 bits per heavy atom. The van der Waals surface area contributed by atoms with E-state index in [-0.39, 0.29) is 11.8 Å². The molecule has 2 atom stereocenters. The standard InChI is InChI=1S/C8H16NOPS/c1-5-8(6-9)11(4,12)10-7(2)3/h7-8H,5H2,1-4H3/t8-,11-/m0/s1. The molecule has 0 saturated carbocycles. The highest BCUT2D eigenvalue weighted by Crippen LogP contribution is 2.50. The van der Waals surface area contributed by atoms with Gasteiger partial charge in [-0.15, -0.1) is 0 Å². The third-order valence-electron chi connectivity index (χ3n) is 1.52. The smallest absolute Gasteiger partial charge is 0.0971 e. The maximum atomic E-state index is 8.81. The monoisotopic (exact) mass is 205 g/mol. The summed E-state index contributed by atoms with van der Waals surface area (Å²) in [5.41, 5.74) is -0.0881. The SMILES string of the molecule is CC[C@@H](C#N)[P@](C)(=S)OC(C)C. The molecule has 0 heterocycles. The number of hydrogen-bond donors (Lipinski definition) is 0. The van der Waals surface area contributed by atoms with E-state index < -0.39 is 6.26 Å². The lowest BCUT2D eigenvalue weighted by Gasteiger charge is -2.23. The second-order valence-electron chi connectivity index (χ2n) is 3.12. The molecule has 0 spiro atoms. The van der Waals surface area contributed by atoms with Crippen LogP contribution in [0.4, 0.5) is 0 Å². The van der Waals surface area contributed by atoms with Gasteiger partial charge in [-0.2, -0.15) is 5.26 Å². The van der Waals surface area contributed by atoms with Crippen LogP contribution in [0.25, 0.3) is 0 Å². The van der Waals surface area contributed by atoms with Crippen molar-refractivity contribution in [3.63, 3.8) is 0 Å². The normalized spacial score (nSPS) is 18.3. The van der Waals surface area contributed by atoms with Gasteiger partial charge in [-0.25, -0.2) is 0 Å². The average Bonchev–Trinajstić information content (AvgIpc) is 1.85. The van der Waals surface area contributed by atoms with Gasteiger partial charge in [0.25, 0.3) is 0 Å². The summed E-state index contributed by atoms with van der Waals surface area (Å²) in [7, 11) is 0. The van der Waals surface area contributed by atoms with E-state index >= 15 is 0 Å². The van der Waals surface area contributed by atoms with E-state index in [0.717, 1.165) is 6.42 Å². The van der Waals surface area contributed by atoms with E-state index in [0.29, 0.717) is 0 Å². The lowest BCUT2D eigenvalue weighted by molar-refractivity contribution is 0.269. The Labute approximate surface area is 80.0 Å². The molecule has 0 unspecified atom stereocenters. The number of rotatable bonds is 4. The molecule has 12 heavy (non-hydrogen) atoms. The second kappa shape index (κ2) is 4.97. The van der Waals surface area contributed by atoms with Crippen LogP contribution < -0.4 is 0 Å². The maximum Gasteiger partial charge on any atom is 0.0971 e. The second-order valence-corrected chi connectivity index (χ2v) is 7.94. The van der Waals surface area contributed by atoms with E-state index in [4.69, 9.17) is 21.6 Å². The van der Waals surface area contributed by atoms with Crippen molar-refractivity contribution in [1.82, 2.24) is 0 Å². The minimum absolute atomic E-state index is 0.0881. The highest BCUT2D eigenvalue weighted by Gasteiger charge is 2.23. The first kappa shape index (κ1) is 12.1. The lowest BCUT2D eigenvalue weighted by atomic mass is 10.4. The fourth-order valence-corrected chi connectivity index (χ4v) is 3.98. The molecule has 0 saturated heterocycles. The molecule has 0 aromatic heterocycles. The predicted molar refractivity (Wildman–Crippen MR) is 56.1 cm³/mol. The number of nitrogens with zero attached hydrogens (tertiary/aromatic N) is 1. The van der Waals surface area contributed by atoms with Crippen LogP contribution in [0, 0.1) is 11.3 Å². The molecule has 0 amide bonds. The molecule has 4 heteroatoms. The minimum atomic E-state index is -1.89. The Morgan fingerprint density at radius 1 is 1.58 bits per heavy atom. The third-order valence-corrected chi connectivity index (χ3v) is 5.00. The van der Waals surface area contributed by atoms with Gasteiger partial charge in [0.05, 0.1) is 24.1 Å². The van der Waals surface area contributed by atoms with Crippen LogP contribution in [0.5, 0.6) is 0 Å². The number of hydrogen-bond acceptors (Lipinski definition) is 3. The van der Waals surface area contributed by atoms with Gasteiger partial charge in [0.2, 0.25) is 0 Å². The van der Waals surface area contributed by atoms with Crippen LogP contribution >= 0.6 is 6.26 Å². The predicted octanol–water partition coefficient (Wildman–Crippen LogP) is 2.74. The summed E-state index contributed by atoms with van der Waals surface area (Å²) in [5.74, 6) is 0. The van der Waals surface area contributed by atoms with Gasteiger partial charge in [-0.3, -0.25) is 0 Å². The summed E-state index contributed by atoms with van der Waals surface area (Å²) < 4.78 is 5.59. The molecule has 0 aliphatic carbocycles. The molecule has 0 fully saturated rings. The highest BCUT2D eigenvalue weighted by atomic mass is 32.4. The van der Waals surface area contributed by atoms with Crippen molar-refractivity contribution in [2.45, 2.75) is 39.0 Å². The molecule has 2 nitrogen and oxygen atoms in total. The molecular formula is C8H16NOPS. The fraction of sp³-hybridized carbons (Fsp3) is 0.875. The minimum Gasteiger partial charge on any atom is -0.347 e. The highest BCUT2D eigenvalue weighted by molar-refractivity contribution is 8.12. The van der Waals surface area contributed by atoms with Gasteiger partial charge in [0.15, 0.2) is 0 Å². The molecule has 0 N–H and O–H groups in total. The lowest BCUT2D eigenvalue weighted by Crippen LogP contribution is -2.10. The van der Waals surface area contributed by atoms with E-state index in [1.54, 1.807) is 0 Å². The van der Waals surface area contributed by atoms with E-state index in [9.17, 15) is 0 Å². The summed E-state index contributed by atoms with van der Waals surface area (Å²) in [6.45, 7) is 7.78. The average molecular weight is 205 g/mol. The Bertz CT molecular complexity index is 222.